The molecule has 19 heavy (non-hydrogen) atoms. The highest BCUT2D eigenvalue weighted by Crippen LogP contribution is 2.27. The number of aliphatic hydroxyl groups is 1. The van der Waals surface area contributed by atoms with Crippen molar-refractivity contribution >= 4 is 15.8 Å². The highest BCUT2D eigenvalue weighted by molar-refractivity contribution is 7.89. The minimum atomic E-state index is -3.68. The van der Waals surface area contributed by atoms with Crippen molar-refractivity contribution < 1.29 is 13.5 Å². The molecular weight excluding hydrogens is 268 g/mol. The van der Waals surface area contributed by atoms with Crippen molar-refractivity contribution in [2.45, 2.75) is 43.7 Å². The van der Waals surface area contributed by atoms with Crippen LogP contribution in [0.3, 0.4) is 0 Å². The number of sulfonamides is 1. The second kappa shape index (κ2) is 5.48. The molecule has 0 spiro atoms. The number of nitrogens with zero attached hydrogens (tertiary/aromatic N) is 2. The number of nitrogen functional groups attached to an aromatic ring is 1. The molecule has 1 saturated carbocycles. The van der Waals surface area contributed by atoms with Crippen LogP contribution in [0.15, 0.2) is 11.1 Å². The summed E-state index contributed by atoms with van der Waals surface area (Å²) < 4.78 is 28.7. The van der Waals surface area contributed by atoms with E-state index in [0.717, 1.165) is 19.3 Å². The summed E-state index contributed by atoms with van der Waals surface area (Å²) >= 11 is 0. The molecule has 0 saturated heterocycles. The molecule has 0 aliphatic heterocycles. The van der Waals surface area contributed by atoms with E-state index in [4.69, 9.17) is 5.73 Å². The van der Waals surface area contributed by atoms with Crippen LogP contribution in [-0.4, -0.2) is 36.0 Å². The first-order valence-electron chi connectivity index (χ1n) is 6.44. The first-order chi connectivity index (χ1) is 8.97. The number of nitrogens with one attached hydrogen (secondary N) is 1. The number of anilines is 1. The van der Waals surface area contributed by atoms with E-state index in [1.807, 2.05) is 6.92 Å². The molecule has 0 aromatic carbocycles. The van der Waals surface area contributed by atoms with Gasteiger partial charge in [0, 0.05) is 25.4 Å². The third-order valence-electron chi connectivity index (χ3n) is 3.57. The van der Waals surface area contributed by atoms with Gasteiger partial charge in [0.05, 0.1) is 0 Å². The highest BCUT2D eigenvalue weighted by Gasteiger charge is 2.32. The molecule has 8 heteroatoms. The first kappa shape index (κ1) is 14.3. The van der Waals surface area contributed by atoms with Gasteiger partial charge in [-0.05, 0) is 25.7 Å². The largest absolute Gasteiger partial charge is 0.396 e. The van der Waals surface area contributed by atoms with Gasteiger partial charge in [-0.15, -0.1) is 0 Å². The molecule has 2 atom stereocenters. The Hall–Kier alpha value is -1.12. The SMILES string of the molecule is CCn1cc(S(=O)(=O)NC2CCCC2CO)c(N)n1. The highest BCUT2D eigenvalue weighted by atomic mass is 32.2. The Morgan fingerprint density at radius 3 is 2.89 bits per heavy atom. The van der Waals surface area contributed by atoms with Crippen molar-refractivity contribution in [2.24, 2.45) is 5.92 Å². The van der Waals surface area contributed by atoms with Gasteiger partial charge in [0.1, 0.15) is 4.90 Å². The lowest BCUT2D eigenvalue weighted by Gasteiger charge is -2.18. The molecule has 1 heterocycles. The molecule has 1 aliphatic rings. The van der Waals surface area contributed by atoms with Gasteiger partial charge in [-0.2, -0.15) is 5.10 Å². The summed E-state index contributed by atoms with van der Waals surface area (Å²) in [5.41, 5.74) is 5.64. The molecule has 4 N–H and O–H groups in total. The van der Waals surface area contributed by atoms with Crippen molar-refractivity contribution in [3.63, 3.8) is 0 Å². The van der Waals surface area contributed by atoms with Crippen LogP contribution in [0.4, 0.5) is 5.82 Å². The van der Waals surface area contributed by atoms with E-state index in [0.29, 0.717) is 6.54 Å². The lowest BCUT2D eigenvalue weighted by atomic mass is 10.1. The lowest BCUT2D eigenvalue weighted by molar-refractivity contribution is 0.213. The Bertz CT molecular complexity index is 540. The minimum Gasteiger partial charge on any atom is -0.396 e. The zero-order valence-electron chi connectivity index (χ0n) is 10.9. The van der Waals surface area contributed by atoms with Crippen LogP contribution in [0.25, 0.3) is 0 Å². The number of aryl methyl sites for hydroxylation is 1. The number of hydrogen-bond donors (Lipinski definition) is 3. The predicted octanol–water partition coefficient (Wildman–Crippen LogP) is -0.0755. The van der Waals surface area contributed by atoms with Crippen molar-refractivity contribution in [3.05, 3.63) is 6.20 Å². The minimum absolute atomic E-state index is 0.00308. The van der Waals surface area contributed by atoms with Gasteiger partial charge in [0.2, 0.25) is 10.0 Å². The Labute approximate surface area is 112 Å². The van der Waals surface area contributed by atoms with E-state index in [1.165, 1.54) is 10.9 Å². The molecule has 0 radical (unpaired) electrons. The number of aliphatic hydroxyl groups excluding tert-OH is 1. The van der Waals surface area contributed by atoms with Crippen LogP contribution in [0.2, 0.25) is 0 Å². The van der Waals surface area contributed by atoms with Gasteiger partial charge in [0.25, 0.3) is 0 Å². The fraction of sp³-hybridized carbons (Fsp3) is 0.727. The van der Waals surface area contributed by atoms with Gasteiger partial charge in [-0.3, -0.25) is 4.68 Å². The average Bonchev–Trinajstić information content (AvgIpc) is 2.95. The van der Waals surface area contributed by atoms with Crippen LogP contribution in [0.5, 0.6) is 0 Å². The average molecular weight is 288 g/mol. The molecule has 2 unspecified atom stereocenters. The lowest BCUT2D eigenvalue weighted by Crippen LogP contribution is -2.38. The summed E-state index contributed by atoms with van der Waals surface area (Å²) in [6.07, 6.45) is 3.93. The molecule has 0 bridgehead atoms. The Morgan fingerprint density at radius 2 is 2.32 bits per heavy atom. The van der Waals surface area contributed by atoms with Gasteiger partial charge >= 0.3 is 0 Å². The topological polar surface area (TPSA) is 110 Å². The van der Waals surface area contributed by atoms with Gasteiger partial charge < -0.3 is 10.8 Å². The van der Waals surface area contributed by atoms with Gasteiger partial charge in [0.15, 0.2) is 5.82 Å². The van der Waals surface area contributed by atoms with E-state index in [9.17, 15) is 13.5 Å². The van der Waals surface area contributed by atoms with Crippen LogP contribution < -0.4 is 10.5 Å². The van der Waals surface area contributed by atoms with Crippen molar-refractivity contribution in [2.75, 3.05) is 12.3 Å². The molecule has 108 valence electrons. The van der Waals surface area contributed by atoms with Crippen LogP contribution in [0, 0.1) is 5.92 Å². The maximum atomic E-state index is 12.3. The van der Waals surface area contributed by atoms with E-state index >= 15 is 0 Å². The second-order valence-corrected chi connectivity index (χ2v) is 6.52. The third kappa shape index (κ3) is 2.90. The number of aromatic nitrogens is 2. The monoisotopic (exact) mass is 288 g/mol. The van der Waals surface area contributed by atoms with Crippen molar-refractivity contribution in [1.82, 2.24) is 14.5 Å². The summed E-state index contributed by atoms with van der Waals surface area (Å²) in [7, 11) is -3.68. The van der Waals surface area contributed by atoms with E-state index in [-0.39, 0.29) is 29.3 Å². The normalized spacial score (nSPS) is 23.9. The molecule has 1 aromatic rings. The Morgan fingerprint density at radius 1 is 1.58 bits per heavy atom. The standard InChI is InChI=1S/C11H20N4O3S/c1-2-15-6-10(11(12)13-15)19(17,18)14-9-5-3-4-8(9)7-16/h6,8-9,14,16H,2-5,7H2,1H3,(H2,12,13). The summed E-state index contributed by atoms with van der Waals surface area (Å²) in [6.45, 7) is 2.41. The molecule has 1 aliphatic carbocycles. The van der Waals surface area contributed by atoms with E-state index in [1.54, 1.807) is 0 Å². The summed E-state index contributed by atoms with van der Waals surface area (Å²) in [6, 6.07) is -0.223. The smallest absolute Gasteiger partial charge is 0.246 e. The predicted molar refractivity (Wildman–Crippen MR) is 70.8 cm³/mol. The molecule has 7 nitrogen and oxygen atoms in total. The fourth-order valence-corrected chi connectivity index (χ4v) is 3.87. The maximum absolute atomic E-state index is 12.3. The molecule has 1 aromatic heterocycles. The van der Waals surface area contributed by atoms with Gasteiger partial charge in [-0.25, -0.2) is 13.1 Å². The Kier molecular flexibility index (Phi) is 4.12. The number of nitrogens with two attached hydrogens (primary N) is 1. The molecule has 0 amide bonds. The quantitative estimate of drug-likeness (QED) is 0.702. The Balaban J connectivity index is 2.20. The maximum Gasteiger partial charge on any atom is 0.246 e. The van der Waals surface area contributed by atoms with Gasteiger partial charge in [-0.1, -0.05) is 6.42 Å². The molecule has 2 rings (SSSR count). The summed E-state index contributed by atoms with van der Waals surface area (Å²) in [5, 5.41) is 13.2. The van der Waals surface area contributed by atoms with Crippen molar-refractivity contribution in [1.29, 1.82) is 0 Å². The zero-order valence-corrected chi connectivity index (χ0v) is 11.7. The van der Waals surface area contributed by atoms with Crippen LogP contribution in [0.1, 0.15) is 26.2 Å². The first-order valence-corrected chi connectivity index (χ1v) is 7.92. The number of rotatable bonds is 5. The van der Waals surface area contributed by atoms with Crippen molar-refractivity contribution in [3.8, 4) is 0 Å². The van der Waals surface area contributed by atoms with Crippen LogP contribution in [-0.2, 0) is 16.6 Å². The zero-order chi connectivity index (χ0) is 14.0. The third-order valence-corrected chi connectivity index (χ3v) is 5.08. The molecule has 1 fully saturated rings. The second-order valence-electron chi connectivity index (χ2n) is 4.84. The fourth-order valence-electron chi connectivity index (χ4n) is 2.46. The molecular formula is C11H20N4O3S. The number of hydrogen-bond acceptors (Lipinski definition) is 5. The summed E-state index contributed by atoms with van der Waals surface area (Å²) in [5.74, 6) is -0.00915. The summed E-state index contributed by atoms with van der Waals surface area (Å²) in [4.78, 5) is 0.0120. The van der Waals surface area contributed by atoms with E-state index in [2.05, 4.69) is 9.82 Å². The van der Waals surface area contributed by atoms with E-state index < -0.39 is 10.0 Å². The van der Waals surface area contributed by atoms with Crippen LogP contribution >= 0.6 is 0 Å².